The van der Waals surface area contributed by atoms with Crippen LogP contribution in [0.1, 0.15) is 52.7 Å². The second kappa shape index (κ2) is 7.71. The maximum Gasteiger partial charge on any atom is 0.255 e. The number of fused-ring (bicyclic) bond motifs is 1. The van der Waals surface area contributed by atoms with Crippen molar-refractivity contribution < 1.29 is 23.1 Å². The number of hydrogen-bond acceptors (Lipinski definition) is 5. The molecule has 2 rings (SSSR count). The molecule has 1 aromatic rings. The Kier molecular flexibility index (Phi) is 6.57. The smallest absolute Gasteiger partial charge is 0.255 e. The first-order valence-electron chi connectivity index (χ1n) is 10.6. The summed E-state index contributed by atoms with van der Waals surface area (Å²) < 4.78 is 31.8. The molecule has 0 saturated heterocycles. The third-order valence-corrected chi connectivity index (χ3v) is 16.1. The minimum Gasteiger partial charge on any atom is -0.543 e. The van der Waals surface area contributed by atoms with Gasteiger partial charge in [-0.1, -0.05) is 53.7 Å². The molecular weight excluding hydrogens is 412 g/mol. The van der Waals surface area contributed by atoms with Gasteiger partial charge >= 0.3 is 0 Å². The van der Waals surface area contributed by atoms with E-state index in [1.54, 1.807) is 21.3 Å². The van der Waals surface area contributed by atoms with Gasteiger partial charge in [-0.3, -0.25) is 0 Å². The van der Waals surface area contributed by atoms with Crippen LogP contribution in [-0.4, -0.2) is 38.0 Å². The predicted octanol–water partition coefficient (Wildman–Crippen LogP) is 6.35. The van der Waals surface area contributed by atoms with Crippen molar-refractivity contribution in [1.82, 2.24) is 0 Å². The summed E-state index contributed by atoms with van der Waals surface area (Å²) in [6, 6.07) is 6.00. The molecule has 7 heteroatoms. The Bertz CT molecular complexity index is 773. The molecule has 1 aliphatic rings. The van der Waals surface area contributed by atoms with E-state index in [0.29, 0.717) is 0 Å². The van der Waals surface area contributed by atoms with E-state index < -0.39 is 28.2 Å². The van der Waals surface area contributed by atoms with Crippen molar-refractivity contribution >= 4 is 16.6 Å². The van der Waals surface area contributed by atoms with Crippen LogP contribution < -0.4 is 4.43 Å². The zero-order chi connectivity index (χ0) is 23.4. The molecule has 0 N–H and O–H groups in total. The Hall–Kier alpha value is -0.706. The fraction of sp³-hybridized carbons (Fsp3) is 0.739. The van der Waals surface area contributed by atoms with Gasteiger partial charge in [-0.05, 0) is 42.3 Å². The minimum atomic E-state index is -2.27. The molecule has 172 valence electrons. The van der Waals surface area contributed by atoms with Crippen LogP contribution in [0.2, 0.25) is 36.3 Å². The van der Waals surface area contributed by atoms with E-state index in [4.69, 9.17) is 23.1 Å². The maximum absolute atomic E-state index is 6.94. The van der Waals surface area contributed by atoms with Crippen LogP contribution in [0.25, 0.3) is 0 Å². The molecule has 0 heterocycles. The van der Waals surface area contributed by atoms with E-state index in [0.717, 1.165) is 16.9 Å². The van der Waals surface area contributed by atoms with Crippen molar-refractivity contribution in [2.24, 2.45) is 0 Å². The summed E-state index contributed by atoms with van der Waals surface area (Å²) in [5, 5.41) is 0.0475. The first kappa shape index (κ1) is 25.6. The van der Waals surface area contributed by atoms with Gasteiger partial charge in [0, 0.05) is 26.9 Å². The Morgan fingerprint density at radius 1 is 0.700 bits per heavy atom. The van der Waals surface area contributed by atoms with Crippen molar-refractivity contribution in [3.05, 3.63) is 29.3 Å². The third-order valence-electron chi connectivity index (χ3n) is 7.38. The summed E-state index contributed by atoms with van der Waals surface area (Å²) in [5.74, 6) is -1.56. The topological polar surface area (TPSA) is 46.2 Å². The highest BCUT2D eigenvalue weighted by Crippen LogP contribution is 2.63. The molecule has 1 aliphatic carbocycles. The lowest BCUT2D eigenvalue weighted by Gasteiger charge is -2.59. The molecular formula is C23H42O5Si2. The van der Waals surface area contributed by atoms with Gasteiger partial charge < -0.3 is 23.1 Å². The van der Waals surface area contributed by atoms with Gasteiger partial charge in [-0.25, -0.2) is 0 Å². The van der Waals surface area contributed by atoms with Crippen LogP contribution in [0.4, 0.5) is 0 Å². The largest absolute Gasteiger partial charge is 0.543 e. The summed E-state index contributed by atoms with van der Waals surface area (Å²) in [7, 11) is 0.577. The first-order valence-corrected chi connectivity index (χ1v) is 16.5. The highest BCUT2D eigenvalue weighted by Gasteiger charge is 2.71. The van der Waals surface area contributed by atoms with Crippen LogP contribution >= 0.6 is 0 Å². The quantitative estimate of drug-likeness (QED) is 0.355. The Labute approximate surface area is 185 Å². The standard InChI is InChI=1S/C23H42O5Si2/c1-20(2,3)29(10,11)27-18-16-14-15-17-19(18)23(26-9,22(17,24-7)25-8)28-30(12,13)21(4,5)6/h14-16H,1-13H3. The van der Waals surface area contributed by atoms with Gasteiger partial charge in [0.1, 0.15) is 5.75 Å². The van der Waals surface area contributed by atoms with Gasteiger partial charge in [-0.15, -0.1) is 0 Å². The van der Waals surface area contributed by atoms with Crippen molar-refractivity contribution in [2.75, 3.05) is 21.3 Å². The van der Waals surface area contributed by atoms with Gasteiger partial charge in [0.2, 0.25) is 8.32 Å². The molecule has 5 nitrogen and oxygen atoms in total. The summed E-state index contributed by atoms with van der Waals surface area (Å²) in [6.07, 6.45) is 0. The molecule has 0 amide bonds. The van der Waals surface area contributed by atoms with Gasteiger partial charge in [0.05, 0.1) is 5.56 Å². The average Bonchev–Trinajstić information content (AvgIpc) is 2.58. The second-order valence-electron chi connectivity index (χ2n) is 11.2. The first-order chi connectivity index (χ1) is 13.5. The Balaban J connectivity index is 2.73. The van der Waals surface area contributed by atoms with E-state index in [-0.39, 0.29) is 10.1 Å². The van der Waals surface area contributed by atoms with E-state index in [9.17, 15) is 0 Å². The highest BCUT2D eigenvalue weighted by molar-refractivity contribution is 6.75. The van der Waals surface area contributed by atoms with E-state index in [1.165, 1.54) is 0 Å². The molecule has 0 spiro atoms. The lowest BCUT2D eigenvalue weighted by Crippen LogP contribution is -2.67. The van der Waals surface area contributed by atoms with Crippen molar-refractivity contribution in [3.63, 3.8) is 0 Å². The fourth-order valence-corrected chi connectivity index (χ4v) is 5.79. The van der Waals surface area contributed by atoms with E-state index in [1.807, 2.05) is 18.2 Å². The van der Waals surface area contributed by atoms with Crippen LogP contribution in [0.5, 0.6) is 5.75 Å². The van der Waals surface area contributed by atoms with Crippen LogP contribution in [0.3, 0.4) is 0 Å². The lowest BCUT2D eigenvalue weighted by molar-refractivity contribution is -0.415. The van der Waals surface area contributed by atoms with E-state index >= 15 is 0 Å². The van der Waals surface area contributed by atoms with Crippen molar-refractivity contribution in [3.8, 4) is 5.75 Å². The molecule has 1 unspecified atom stereocenters. The highest BCUT2D eigenvalue weighted by atomic mass is 28.4. The van der Waals surface area contributed by atoms with Gasteiger partial charge in [-0.2, -0.15) is 0 Å². The van der Waals surface area contributed by atoms with Crippen LogP contribution in [0.15, 0.2) is 18.2 Å². The number of hydrogen-bond donors (Lipinski definition) is 0. The molecule has 0 aliphatic heterocycles. The molecule has 30 heavy (non-hydrogen) atoms. The van der Waals surface area contributed by atoms with Crippen LogP contribution in [0, 0.1) is 0 Å². The number of methoxy groups -OCH3 is 3. The Morgan fingerprint density at radius 2 is 1.17 bits per heavy atom. The molecule has 0 saturated carbocycles. The van der Waals surface area contributed by atoms with Crippen molar-refractivity contribution in [2.45, 2.75) is 89.4 Å². The average molecular weight is 455 g/mol. The van der Waals surface area contributed by atoms with E-state index in [2.05, 4.69) is 67.7 Å². The molecule has 0 fully saturated rings. The molecule has 0 aromatic heterocycles. The SMILES string of the molecule is COC1(OC)c2cccc(O[Si](C)(C)C(C)(C)C)c2C1(OC)O[Si](C)(C)C(C)(C)C. The summed E-state index contributed by atoms with van der Waals surface area (Å²) in [5.41, 5.74) is 1.77. The summed E-state index contributed by atoms with van der Waals surface area (Å²) in [4.78, 5) is 0. The molecule has 0 radical (unpaired) electrons. The van der Waals surface area contributed by atoms with Crippen molar-refractivity contribution in [1.29, 1.82) is 0 Å². The lowest BCUT2D eigenvalue weighted by atomic mass is 9.74. The zero-order valence-corrected chi connectivity index (χ0v) is 23.3. The third kappa shape index (κ3) is 3.61. The molecule has 1 aromatic carbocycles. The number of ether oxygens (including phenoxy) is 3. The normalized spacial score (nSPS) is 21.8. The maximum atomic E-state index is 6.94. The monoisotopic (exact) mass is 454 g/mol. The zero-order valence-electron chi connectivity index (χ0n) is 21.3. The molecule has 0 bridgehead atoms. The fourth-order valence-electron chi connectivity index (χ4n) is 3.42. The van der Waals surface area contributed by atoms with Crippen LogP contribution in [-0.2, 0) is 30.2 Å². The molecule has 1 atom stereocenters. The predicted molar refractivity (Wildman–Crippen MR) is 127 cm³/mol. The number of rotatable bonds is 7. The minimum absolute atomic E-state index is 0.0171. The Morgan fingerprint density at radius 3 is 1.57 bits per heavy atom. The second-order valence-corrected chi connectivity index (χ2v) is 20.7. The van der Waals surface area contributed by atoms with Gasteiger partial charge in [0.25, 0.3) is 11.6 Å². The van der Waals surface area contributed by atoms with Gasteiger partial charge in [0.15, 0.2) is 8.32 Å². The summed E-state index contributed by atoms with van der Waals surface area (Å²) >= 11 is 0. The summed E-state index contributed by atoms with van der Waals surface area (Å²) in [6.45, 7) is 22.2. The number of benzene rings is 1.